The van der Waals surface area contributed by atoms with Gasteiger partial charge in [0.25, 0.3) is 0 Å². The standard InChI is InChI=1S/C11H12OSe/c12-10-6-9(7-10)8-13-11-4-2-1-3-5-11/h1-5,9H,6-8H2. The Morgan fingerprint density at radius 2 is 1.92 bits per heavy atom. The Hall–Kier alpha value is -0.591. The summed E-state index contributed by atoms with van der Waals surface area (Å²) in [5.41, 5.74) is 0. The van der Waals surface area contributed by atoms with Crippen LogP contribution in [0.3, 0.4) is 0 Å². The number of benzene rings is 1. The Kier molecular flexibility index (Phi) is 2.82. The molecule has 13 heavy (non-hydrogen) atoms. The van der Waals surface area contributed by atoms with Gasteiger partial charge >= 0.3 is 84.4 Å². The molecule has 1 aliphatic rings. The first-order valence-electron chi connectivity index (χ1n) is 4.54. The number of rotatable bonds is 3. The van der Waals surface area contributed by atoms with Crippen LogP contribution in [0, 0.1) is 5.92 Å². The van der Waals surface area contributed by atoms with Gasteiger partial charge in [0.15, 0.2) is 0 Å². The Morgan fingerprint density at radius 1 is 1.23 bits per heavy atom. The zero-order chi connectivity index (χ0) is 9.10. The van der Waals surface area contributed by atoms with Gasteiger partial charge in [-0.05, 0) is 0 Å². The van der Waals surface area contributed by atoms with Crippen LogP contribution in [0.4, 0.5) is 0 Å². The van der Waals surface area contributed by atoms with E-state index in [1.165, 1.54) is 9.78 Å². The van der Waals surface area contributed by atoms with Crippen molar-refractivity contribution in [1.29, 1.82) is 0 Å². The molecule has 0 saturated heterocycles. The molecule has 0 spiro atoms. The maximum absolute atomic E-state index is 10.7. The predicted octanol–water partition coefficient (Wildman–Crippen LogP) is 1.41. The van der Waals surface area contributed by atoms with E-state index < -0.39 is 0 Å². The van der Waals surface area contributed by atoms with E-state index in [0.717, 1.165) is 12.8 Å². The molecule has 0 heterocycles. The Bertz CT molecular complexity index is 286. The molecule has 0 radical (unpaired) electrons. The van der Waals surface area contributed by atoms with Gasteiger partial charge in [-0.15, -0.1) is 0 Å². The normalized spacial score (nSPS) is 17.1. The van der Waals surface area contributed by atoms with E-state index in [2.05, 4.69) is 24.3 Å². The van der Waals surface area contributed by atoms with Crippen molar-refractivity contribution in [3.63, 3.8) is 0 Å². The average Bonchev–Trinajstić information content (AvgIpc) is 2.12. The van der Waals surface area contributed by atoms with Gasteiger partial charge in [0.2, 0.25) is 0 Å². The number of hydrogen-bond donors (Lipinski definition) is 0. The molecular formula is C11H12OSe. The SMILES string of the molecule is O=C1CC(C[Se]c2ccccc2)C1. The topological polar surface area (TPSA) is 17.1 Å². The van der Waals surface area contributed by atoms with Crippen molar-refractivity contribution >= 4 is 25.2 Å². The van der Waals surface area contributed by atoms with E-state index in [9.17, 15) is 4.79 Å². The first kappa shape index (κ1) is 8.98. The molecule has 0 amide bonds. The van der Waals surface area contributed by atoms with Crippen LogP contribution in [-0.2, 0) is 4.79 Å². The second kappa shape index (κ2) is 4.08. The van der Waals surface area contributed by atoms with Crippen LogP contribution in [0.25, 0.3) is 0 Å². The van der Waals surface area contributed by atoms with Crippen LogP contribution >= 0.6 is 0 Å². The molecule has 1 aliphatic carbocycles. The molecule has 2 heteroatoms. The molecule has 0 aromatic heterocycles. The summed E-state index contributed by atoms with van der Waals surface area (Å²) in [5, 5.41) is 1.24. The third-order valence-corrected chi connectivity index (χ3v) is 4.87. The van der Waals surface area contributed by atoms with E-state index in [-0.39, 0.29) is 0 Å². The Morgan fingerprint density at radius 3 is 2.54 bits per heavy atom. The molecule has 1 aromatic rings. The molecule has 1 aromatic carbocycles. The number of carbonyl (C=O) groups is 1. The minimum absolute atomic E-state index is 0.453. The van der Waals surface area contributed by atoms with E-state index in [4.69, 9.17) is 0 Å². The minimum atomic E-state index is 0.453. The van der Waals surface area contributed by atoms with Crippen LogP contribution in [0.2, 0.25) is 5.32 Å². The molecule has 1 nitrogen and oxygen atoms in total. The van der Waals surface area contributed by atoms with Gasteiger partial charge < -0.3 is 0 Å². The van der Waals surface area contributed by atoms with Crippen LogP contribution in [0.15, 0.2) is 30.3 Å². The van der Waals surface area contributed by atoms with Gasteiger partial charge in [-0.2, -0.15) is 0 Å². The summed E-state index contributed by atoms with van der Waals surface area (Å²) in [6.07, 6.45) is 1.68. The second-order valence-corrected chi connectivity index (χ2v) is 5.73. The number of Topliss-reactive ketones (excluding diaryl/α,β-unsaturated/α-hetero) is 1. The zero-order valence-corrected chi connectivity index (χ0v) is 9.11. The molecule has 1 fully saturated rings. The molecule has 0 unspecified atom stereocenters. The van der Waals surface area contributed by atoms with Gasteiger partial charge in [-0.25, -0.2) is 0 Å². The van der Waals surface area contributed by atoms with Crippen molar-refractivity contribution in [2.75, 3.05) is 0 Å². The fourth-order valence-electron chi connectivity index (χ4n) is 1.43. The van der Waals surface area contributed by atoms with Crippen molar-refractivity contribution < 1.29 is 4.79 Å². The van der Waals surface area contributed by atoms with Crippen molar-refractivity contribution in [3.8, 4) is 0 Å². The van der Waals surface area contributed by atoms with Crippen LogP contribution in [-0.4, -0.2) is 20.7 Å². The summed E-state index contributed by atoms with van der Waals surface area (Å²) in [6, 6.07) is 10.6. The third-order valence-electron chi connectivity index (χ3n) is 2.26. The summed E-state index contributed by atoms with van der Waals surface area (Å²) in [4.78, 5) is 10.7. The molecule has 0 aliphatic heterocycles. The molecular weight excluding hydrogens is 227 g/mol. The molecule has 0 N–H and O–H groups in total. The monoisotopic (exact) mass is 240 g/mol. The molecule has 0 atom stereocenters. The van der Waals surface area contributed by atoms with Crippen LogP contribution in [0.1, 0.15) is 12.8 Å². The van der Waals surface area contributed by atoms with E-state index in [0.29, 0.717) is 26.7 Å². The predicted molar refractivity (Wildman–Crippen MR) is 54.4 cm³/mol. The fraction of sp³-hybridized carbons (Fsp3) is 0.364. The van der Waals surface area contributed by atoms with E-state index >= 15 is 0 Å². The molecule has 0 bridgehead atoms. The summed E-state index contributed by atoms with van der Waals surface area (Å²) < 4.78 is 1.45. The Labute approximate surface area is 84.7 Å². The fourth-order valence-corrected chi connectivity index (χ4v) is 3.56. The van der Waals surface area contributed by atoms with Gasteiger partial charge in [-0.1, -0.05) is 0 Å². The maximum atomic E-state index is 10.7. The summed E-state index contributed by atoms with van der Waals surface area (Å²) in [7, 11) is 0. The quantitative estimate of drug-likeness (QED) is 0.729. The van der Waals surface area contributed by atoms with Crippen molar-refractivity contribution in [1.82, 2.24) is 0 Å². The van der Waals surface area contributed by atoms with Gasteiger partial charge in [0.1, 0.15) is 0 Å². The van der Waals surface area contributed by atoms with Crippen molar-refractivity contribution in [3.05, 3.63) is 30.3 Å². The van der Waals surface area contributed by atoms with Gasteiger partial charge in [0, 0.05) is 0 Å². The number of hydrogen-bond acceptors (Lipinski definition) is 1. The van der Waals surface area contributed by atoms with E-state index in [1.54, 1.807) is 0 Å². The van der Waals surface area contributed by atoms with Gasteiger partial charge in [-0.3, -0.25) is 0 Å². The van der Waals surface area contributed by atoms with E-state index in [1.807, 2.05) is 6.07 Å². The average molecular weight is 239 g/mol. The molecule has 68 valence electrons. The third kappa shape index (κ3) is 2.43. The summed E-state index contributed by atoms with van der Waals surface area (Å²) in [5.74, 6) is 1.15. The first-order chi connectivity index (χ1) is 6.34. The summed E-state index contributed by atoms with van der Waals surface area (Å²) >= 11 is 0.576. The zero-order valence-electron chi connectivity index (χ0n) is 7.40. The van der Waals surface area contributed by atoms with Gasteiger partial charge in [0.05, 0.1) is 0 Å². The molecule has 2 rings (SSSR count). The van der Waals surface area contributed by atoms with Crippen molar-refractivity contribution in [2.45, 2.75) is 18.2 Å². The first-order valence-corrected chi connectivity index (χ1v) is 6.61. The number of carbonyl (C=O) groups excluding carboxylic acids is 1. The molecule has 1 saturated carbocycles. The van der Waals surface area contributed by atoms with Crippen LogP contribution in [0.5, 0.6) is 0 Å². The Balaban J connectivity index is 1.77. The summed E-state index contributed by atoms with van der Waals surface area (Å²) in [6.45, 7) is 0. The van der Waals surface area contributed by atoms with Crippen LogP contribution < -0.4 is 4.46 Å². The number of ketones is 1. The second-order valence-electron chi connectivity index (χ2n) is 3.44. The van der Waals surface area contributed by atoms with Crippen molar-refractivity contribution in [2.24, 2.45) is 5.92 Å².